The Bertz CT molecular complexity index is 1900. The van der Waals surface area contributed by atoms with Gasteiger partial charge in [0, 0.05) is 22.1 Å². The van der Waals surface area contributed by atoms with Gasteiger partial charge in [-0.2, -0.15) is 5.10 Å². The van der Waals surface area contributed by atoms with Crippen LogP contribution in [-0.4, -0.2) is 26.4 Å². The number of anilines is 1. The first-order valence-corrected chi connectivity index (χ1v) is 12.3. The Morgan fingerprint density at radius 1 is 0.711 bits per heavy atom. The van der Waals surface area contributed by atoms with Gasteiger partial charge in [0.15, 0.2) is 0 Å². The van der Waals surface area contributed by atoms with Gasteiger partial charge >= 0.3 is 0 Å². The Morgan fingerprint density at radius 3 is 2.45 bits per heavy atom. The highest BCUT2D eigenvalue weighted by atomic mass is 16.1. The fraction of sp³-hybridized carbons (Fsp3) is 0. The van der Waals surface area contributed by atoms with Crippen molar-refractivity contribution < 1.29 is 4.79 Å². The smallest absolute Gasteiger partial charge is 0.206 e. The topological polar surface area (TPSA) is 83.0 Å². The maximum Gasteiger partial charge on any atom is 0.206 e. The van der Waals surface area contributed by atoms with Crippen molar-refractivity contribution in [1.82, 2.24) is 15.0 Å². The van der Waals surface area contributed by atoms with E-state index in [9.17, 15) is 4.79 Å². The number of fused-ring (bicyclic) bond motifs is 3. The van der Waals surface area contributed by atoms with Crippen LogP contribution >= 0.6 is 0 Å². The molecule has 1 aliphatic rings. The van der Waals surface area contributed by atoms with Gasteiger partial charge in [-0.3, -0.25) is 10.2 Å². The molecule has 0 fully saturated rings. The van der Waals surface area contributed by atoms with Gasteiger partial charge in [-0.25, -0.2) is 9.97 Å². The highest BCUT2D eigenvalue weighted by Crippen LogP contribution is 2.32. The molecule has 6 aromatic rings. The van der Waals surface area contributed by atoms with Gasteiger partial charge in [0.1, 0.15) is 11.5 Å². The van der Waals surface area contributed by atoms with Crippen molar-refractivity contribution >= 4 is 45.2 Å². The fourth-order valence-electron chi connectivity index (χ4n) is 4.82. The van der Waals surface area contributed by atoms with E-state index in [2.05, 4.69) is 27.6 Å². The number of carbonyl (C=O) groups is 1. The Hall–Kier alpha value is -5.36. The Kier molecular flexibility index (Phi) is 5.15. The number of H-pyrrole nitrogens is 1. The first-order valence-electron chi connectivity index (χ1n) is 12.3. The normalized spacial score (nSPS) is 13.8. The maximum absolute atomic E-state index is 12.6. The average molecular weight is 492 g/mol. The van der Waals surface area contributed by atoms with E-state index in [0.717, 1.165) is 61.4 Å². The molecule has 0 atom stereocenters. The minimum Gasteiger partial charge on any atom is -0.338 e. The third kappa shape index (κ3) is 3.85. The number of aromatic amines is 1. The van der Waals surface area contributed by atoms with Gasteiger partial charge in [0.2, 0.25) is 5.78 Å². The molecule has 0 aliphatic heterocycles. The number of allylic oxidation sites excluding steroid dienone is 1. The van der Waals surface area contributed by atoms with Crippen LogP contribution in [0.4, 0.5) is 5.69 Å². The van der Waals surface area contributed by atoms with E-state index >= 15 is 0 Å². The third-order valence-corrected chi connectivity index (χ3v) is 6.68. The molecule has 180 valence electrons. The van der Waals surface area contributed by atoms with E-state index in [0.29, 0.717) is 5.71 Å². The lowest BCUT2D eigenvalue weighted by Gasteiger charge is -2.13. The van der Waals surface area contributed by atoms with Gasteiger partial charge in [-0.1, -0.05) is 72.8 Å². The van der Waals surface area contributed by atoms with E-state index in [1.807, 2.05) is 97.1 Å². The Labute approximate surface area is 218 Å². The summed E-state index contributed by atoms with van der Waals surface area (Å²) in [5, 5.41) is 5.51. The zero-order valence-electron chi connectivity index (χ0n) is 20.2. The zero-order chi connectivity index (χ0) is 25.5. The minimum atomic E-state index is -0.126. The molecular weight excluding hydrogens is 470 g/mol. The van der Waals surface area contributed by atoms with E-state index in [1.54, 1.807) is 6.08 Å². The summed E-state index contributed by atoms with van der Waals surface area (Å²) in [5.41, 5.74) is 11.5. The molecule has 0 saturated heterocycles. The second-order valence-electron chi connectivity index (χ2n) is 9.11. The van der Waals surface area contributed by atoms with Crippen molar-refractivity contribution in [2.45, 2.75) is 0 Å². The number of hydrogen-bond acceptors (Lipinski definition) is 5. The predicted octanol–water partition coefficient (Wildman–Crippen LogP) is 6.86. The molecule has 0 spiro atoms. The van der Waals surface area contributed by atoms with Crippen LogP contribution < -0.4 is 5.43 Å². The van der Waals surface area contributed by atoms with Crippen LogP contribution in [0, 0.1) is 0 Å². The number of carbonyl (C=O) groups excluding carboxylic acids is 1. The lowest BCUT2D eigenvalue weighted by atomic mass is 9.95. The van der Waals surface area contributed by atoms with E-state index < -0.39 is 0 Å². The van der Waals surface area contributed by atoms with Crippen molar-refractivity contribution in [3.05, 3.63) is 120 Å². The zero-order valence-corrected chi connectivity index (χ0v) is 20.2. The number of hydrazone groups is 1. The number of aromatic nitrogens is 3. The lowest BCUT2D eigenvalue weighted by Crippen LogP contribution is -2.19. The summed E-state index contributed by atoms with van der Waals surface area (Å²) in [5.74, 6) is 0.674. The van der Waals surface area contributed by atoms with E-state index in [-0.39, 0.29) is 5.78 Å². The molecule has 0 radical (unpaired) electrons. The number of para-hydroxylation sites is 3. The summed E-state index contributed by atoms with van der Waals surface area (Å²) in [6.07, 6.45) is 3.38. The molecular formula is C32H21N5O. The number of imidazole rings is 1. The SMILES string of the molecule is O=C1C=Cc2ccccc2C1=NNc1cccc(-c2cc(-c3nc4ccccc4[nH]3)c3ccccc3n2)c1. The van der Waals surface area contributed by atoms with Crippen LogP contribution in [-0.2, 0) is 4.79 Å². The Balaban J connectivity index is 1.29. The van der Waals surface area contributed by atoms with E-state index in [1.165, 1.54) is 0 Å². The van der Waals surface area contributed by atoms with Crippen molar-refractivity contribution in [2.75, 3.05) is 5.43 Å². The first kappa shape index (κ1) is 21.9. The molecule has 2 aromatic heterocycles. The second kappa shape index (κ2) is 8.94. The molecule has 7 rings (SSSR count). The lowest BCUT2D eigenvalue weighted by molar-refractivity contribution is -0.108. The van der Waals surface area contributed by atoms with Crippen LogP contribution in [0.5, 0.6) is 0 Å². The third-order valence-electron chi connectivity index (χ3n) is 6.68. The van der Waals surface area contributed by atoms with Gasteiger partial charge in [-0.05, 0) is 48.0 Å². The highest BCUT2D eigenvalue weighted by molar-refractivity contribution is 6.52. The number of rotatable bonds is 4. The maximum atomic E-state index is 12.6. The van der Waals surface area contributed by atoms with Crippen LogP contribution in [0.1, 0.15) is 11.1 Å². The molecule has 6 nitrogen and oxygen atoms in total. The van der Waals surface area contributed by atoms with E-state index in [4.69, 9.17) is 9.97 Å². The molecule has 1 aliphatic carbocycles. The van der Waals surface area contributed by atoms with Crippen LogP contribution in [0.15, 0.2) is 114 Å². The van der Waals surface area contributed by atoms with Crippen molar-refractivity contribution in [3.63, 3.8) is 0 Å². The molecule has 2 heterocycles. The van der Waals surface area contributed by atoms with Gasteiger partial charge in [0.05, 0.1) is 27.9 Å². The second-order valence-corrected chi connectivity index (χ2v) is 9.11. The summed E-state index contributed by atoms with van der Waals surface area (Å²) in [6, 6.07) is 33.8. The standard InChI is InChI=1S/C32H21N5O/c38-30-17-16-20-8-1-2-11-23(20)31(30)37-36-22-10-7-9-21(18-22)29-19-25(24-12-3-4-13-26(24)33-29)32-34-27-14-5-6-15-28(27)35-32/h1-19,36H,(H,34,35). The number of ketones is 1. The largest absolute Gasteiger partial charge is 0.338 e. The van der Waals surface area contributed by atoms with Crippen LogP contribution in [0.25, 0.3) is 50.7 Å². The quantitative estimate of drug-likeness (QED) is 0.264. The summed E-state index contributed by atoms with van der Waals surface area (Å²) >= 11 is 0. The molecule has 6 heteroatoms. The summed E-state index contributed by atoms with van der Waals surface area (Å²) in [6.45, 7) is 0. The molecule has 0 unspecified atom stereocenters. The molecule has 4 aromatic carbocycles. The molecule has 0 saturated carbocycles. The number of pyridine rings is 1. The van der Waals surface area contributed by atoms with Gasteiger partial charge in [0.25, 0.3) is 0 Å². The van der Waals surface area contributed by atoms with Gasteiger partial charge in [-0.15, -0.1) is 0 Å². The molecule has 0 bridgehead atoms. The predicted molar refractivity (Wildman–Crippen MR) is 153 cm³/mol. The summed E-state index contributed by atoms with van der Waals surface area (Å²) in [4.78, 5) is 25.8. The van der Waals surface area contributed by atoms with Crippen molar-refractivity contribution in [2.24, 2.45) is 5.10 Å². The molecule has 2 N–H and O–H groups in total. The van der Waals surface area contributed by atoms with Crippen LogP contribution in [0.3, 0.4) is 0 Å². The van der Waals surface area contributed by atoms with Crippen molar-refractivity contribution in [1.29, 1.82) is 0 Å². The number of nitrogens with one attached hydrogen (secondary N) is 2. The molecule has 38 heavy (non-hydrogen) atoms. The summed E-state index contributed by atoms with van der Waals surface area (Å²) < 4.78 is 0. The summed E-state index contributed by atoms with van der Waals surface area (Å²) in [7, 11) is 0. The number of hydrogen-bond donors (Lipinski definition) is 2. The average Bonchev–Trinajstić information content (AvgIpc) is 3.40. The number of benzene rings is 4. The molecule has 0 amide bonds. The first-order chi connectivity index (χ1) is 18.7. The Morgan fingerprint density at radius 2 is 1.53 bits per heavy atom. The minimum absolute atomic E-state index is 0.126. The highest BCUT2D eigenvalue weighted by Gasteiger charge is 2.19. The number of nitrogens with zero attached hydrogens (tertiary/aromatic N) is 3. The fourth-order valence-corrected chi connectivity index (χ4v) is 4.82. The monoisotopic (exact) mass is 491 g/mol. The van der Waals surface area contributed by atoms with Crippen LogP contribution in [0.2, 0.25) is 0 Å². The van der Waals surface area contributed by atoms with Crippen molar-refractivity contribution in [3.8, 4) is 22.6 Å². The van der Waals surface area contributed by atoms with Gasteiger partial charge < -0.3 is 4.98 Å².